The maximum Gasteiger partial charge on any atom is 0.361 e. The lowest BCUT2D eigenvalue weighted by molar-refractivity contribution is 0.0520. The maximum absolute atomic E-state index is 11.6. The SMILES string of the molecule is CCOC(=O)c1nn(-c2ccc(C#N)c(Cl)c2)cc1N. The van der Waals surface area contributed by atoms with Crippen LogP contribution in [0.2, 0.25) is 5.02 Å². The molecule has 1 aromatic heterocycles. The molecule has 0 amide bonds. The fraction of sp³-hybridized carbons (Fsp3) is 0.154. The van der Waals surface area contributed by atoms with Crippen LogP contribution in [0.15, 0.2) is 24.4 Å². The van der Waals surface area contributed by atoms with Gasteiger partial charge in [-0.05, 0) is 25.1 Å². The smallest absolute Gasteiger partial charge is 0.361 e. The number of aromatic nitrogens is 2. The third-order valence-electron chi connectivity index (χ3n) is 2.55. The van der Waals surface area contributed by atoms with E-state index in [-0.39, 0.29) is 18.0 Å². The highest BCUT2D eigenvalue weighted by Gasteiger charge is 2.16. The molecule has 0 saturated heterocycles. The summed E-state index contributed by atoms with van der Waals surface area (Å²) in [6.07, 6.45) is 1.49. The van der Waals surface area contributed by atoms with Gasteiger partial charge in [0.15, 0.2) is 5.69 Å². The van der Waals surface area contributed by atoms with E-state index in [9.17, 15) is 4.79 Å². The van der Waals surface area contributed by atoms with Crippen molar-refractivity contribution in [2.75, 3.05) is 12.3 Å². The van der Waals surface area contributed by atoms with Crippen molar-refractivity contribution >= 4 is 23.3 Å². The van der Waals surface area contributed by atoms with Crippen molar-refractivity contribution in [1.82, 2.24) is 9.78 Å². The summed E-state index contributed by atoms with van der Waals surface area (Å²) in [5, 5.41) is 13.2. The second kappa shape index (κ2) is 5.63. The summed E-state index contributed by atoms with van der Waals surface area (Å²) < 4.78 is 6.27. The van der Waals surface area contributed by atoms with Gasteiger partial charge in [0.1, 0.15) is 6.07 Å². The zero-order valence-corrected chi connectivity index (χ0v) is 11.4. The molecule has 0 atom stereocenters. The Bertz CT molecular complexity index is 703. The third kappa shape index (κ3) is 2.58. The van der Waals surface area contributed by atoms with Gasteiger partial charge in [0, 0.05) is 0 Å². The Hall–Kier alpha value is -2.52. The molecule has 20 heavy (non-hydrogen) atoms. The van der Waals surface area contributed by atoms with Crippen molar-refractivity contribution in [3.8, 4) is 11.8 Å². The molecule has 7 heteroatoms. The molecule has 0 fully saturated rings. The molecule has 0 aliphatic carbocycles. The van der Waals surface area contributed by atoms with Crippen LogP contribution in [-0.4, -0.2) is 22.4 Å². The summed E-state index contributed by atoms with van der Waals surface area (Å²) in [5.74, 6) is -0.580. The highest BCUT2D eigenvalue weighted by molar-refractivity contribution is 6.31. The van der Waals surface area contributed by atoms with Crippen molar-refractivity contribution in [3.05, 3.63) is 40.7 Å². The molecule has 1 heterocycles. The van der Waals surface area contributed by atoms with Crippen LogP contribution in [0, 0.1) is 11.3 Å². The molecule has 0 unspecified atom stereocenters. The lowest BCUT2D eigenvalue weighted by atomic mass is 10.2. The summed E-state index contributed by atoms with van der Waals surface area (Å²) >= 11 is 5.95. The van der Waals surface area contributed by atoms with Gasteiger partial charge in [-0.3, -0.25) is 0 Å². The first kappa shape index (κ1) is 13.9. The molecule has 2 N–H and O–H groups in total. The fourth-order valence-corrected chi connectivity index (χ4v) is 1.83. The van der Waals surface area contributed by atoms with Crippen molar-refractivity contribution in [2.24, 2.45) is 0 Å². The Balaban J connectivity index is 2.40. The Morgan fingerprint density at radius 1 is 1.60 bits per heavy atom. The number of ether oxygens (including phenoxy) is 1. The minimum Gasteiger partial charge on any atom is -0.461 e. The second-order valence-corrected chi connectivity index (χ2v) is 4.28. The molecule has 0 radical (unpaired) electrons. The van der Waals surface area contributed by atoms with Crippen LogP contribution in [0.5, 0.6) is 0 Å². The van der Waals surface area contributed by atoms with Crippen molar-refractivity contribution in [1.29, 1.82) is 5.26 Å². The van der Waals surface area contributed by atoms with Gasteiger partial charge in [-0.25, -0.2) is 9.48 Å². The number of nitrogens with two attached hydrogens (primary N) is 1. The van der Waals surface area contributed by atoms with Crippen LogP contribution in [-0.2, 0) is 4.74 Å². The molecular weight excluding hydrogens is 280 g/mol. The zero-order chi connectivity index (χ0) is 14.7. The van der Waals surface area contributed by atoms with Gasteiger partial charge in [0.05, 0.1) is 34.8 Å². The molecule has 2 aromatic rings. The van der Waals surface area contributed by atoms with Crippen LogP contribution >= 0.6 is 11.6 Å². The van der Waals surface area contributed by atoms with Crippen LogP contribution in [0.4, 0.5) is 5.69 Å². The number of rotatable bonds is 3. The normalized spacial score (nSPS) is 10.1. The van der Waals surface area contributed by atoms with E-state index in [0.717, 1.165) is 0 Å². The van der Waals surface area contributed by atoms with Crippen molar-refractivity contribution in [2.45, 2.75) is 6.92 Å². The number of hydrogen-bond acceptors (Lipinski definition) is 5. The number of nitrogens with zero attached hydrogens (tertiary/aromatic N) is 3. The third-order valence-corrected chi connectivity index (χ3v) is 2.86. The molecular formula is C13H11ClN4O2. The van der Waals surface area contributed by atoms with Gasteiger partial charge in [-0.1, -0.05) is 11.6 Å². The van der Waals surface area contributed by atoms with E-state index >= 15 is 0 Å². The highest BCUT2D eigenvalue weighted by atomic mass is 35.5. The molecule has 6 nitrogen and oxygen atoms in total. The number of nitrogen functional groups attached to an aromatic ring is 1. The maximum atomic E-state index is 11.6. The lowest BCUT2D eigenvalue weighted by Gasteiger charge is -2.02. The minimum absolute atomic E-state index is 0.0485. The first-order chi connectivity index (χ1) is 9.56. The number of nitriles is 1. The minimum atomic E-state index is -0.580. The highest BCUT2D eigenvalue weighted by Crippen LogP contribution is 2.21. The molecule has 0 bridgehead atoms. The summed E-state index contributed by atoms with van der Waals surface area (Å²) in [6, 6.07) is 6.76. The van der Waals surface area contributed by atoms with Crippen LogP contribution < -0.4 is 5.73 Å². The Kier molecular flexibility index (Phi) is 3.91. The van der Waals surface area contributed by atoms with Crippen LogP contribution in [0.3, 0.4) is 0 Å². The Morgan fingerprint density at radius 2 is 2.35 bits per heavy atom. The monoisotopic (exact) mass is 290 g/mol. The first-order valence-electron chi connectivity index (χ1n) is 5.79. The van der Waals surface area contributed by atoms with E-state index in [1.807, 2.05) is 6.07 Å². The molecule has 1 aromatic carbocycles. The number of benzene rings is 1. The summed E-state index contributed by atoms with van der Waals surface area (Å²) in [4.78, 5) is 11.6. The average Bonchev–Trinajstić information content (AvgIpc) is 2.81. The zero-order valence-electron chi connectivity index (χ0n) is 10.6. The average molecular weight is 291 g/mol. The van der Waals surface area contributed by atoms with E-state index in [1.54, 1.807) is 25.1 Å². The van der Waals surface area contributed by atoms with Crippen LogP contribution in [0.25, 0.3) is 5.69 Å². The van der Waals surface area contributed by atoms with E-state index in [2.05, 4.69) is 5.10 Å². The van der Waals surface area contributed by atoms with E-state index < -0.39 is 5.97 Å². The molecule has 0 aliphatic rings. The molecule has 0 saturated carbocycles. The Morgan fingerprint density at radius 3 is 2.95 bits per heavy atom. The van der Waals surface area contributed by atoms with Crippen LogP contribution in [0.1, 0.15) is 23.0 Å². The van der Waals surface area contributed by atoms with Gasteiger partial charge in [0.2, 0.25) is 0 Å². The number of carbonyl (C=O) groups excluding carboxylic acids is 1. The van der Waals surface area contributed by atoms with E-state index in [4.69, 9.17) is 27.3 Å². The van der Waals surface area contributed by atoms with Crippen molar-refractivity contribution < 1.29 is 9.53 Å². The predicted octanol–water partition coefficient (Wildman–Crippen LogP) is 2.16. The Labute approximate surface area is 120 Å². The number of hydrogen-bond donors (Lipinski definition) is 1. The first-order valence-corrected chi connectivity index (χ1v) is 6.17. The standard InChI is InChI=1S/C13H11ClN4O2/c1-2-20-13(19)12-11(16)7-18(17-12)9-4-3-8(6-15)10(14)5-9/h3-5,7H,2,16H2,1H3. The molecule has 0 aliphatic heterocycles. The molecule has 0 spiro atoms. The predicted molar refractivity (Wildman–Crippen MR) is 73.7 cm³/mol. The molecule has 102 valence electrons. The summed E-state index contributed by atoms with van der Waals surface area (Å²) in [6.45, 7) is 1.94. The fourth-order valence-electron chi connectivity index (χ4n) is 1.61. The van der Waals surface area contributed by atoms with E-state index in [1.165, 1.54) is 10.9 Å². The van der Waals surface area contributed by atoms with Crippen molar-refractivity contribution in [3.63, 3.8) is 0 Å². The quantitative estimate of drug-likeness (QED) is 0.874. The van der Waals surface area contributed by atoms with E-state index in [0.29, 0.717) is 16.3 Å². The summed E-state index contributed by atoms with van der Waals surface area (Å²) in [7, 11) is 0. The number of anilines is 1. The molecule has 2 rings (SSSR count). The summed E-state index contributed by atoms with van der Waals surface area (Å²) in [5.41, 5.74) is 6.95. The number of halogens is 1. The van der Waals surface area contributed by atoms with Gasteiger partial charge in [-0.2, -0.15) is 10.4 Å². The van der Waals surface area contributed by atoms with Gasteiger partial charge in [0.25, 0.3) is 0 Å². The number of esters is 1. The lowest BCUT2D eigenvalue weighted by Crippen LogP contribution is -2.08. The largest absolute Gasteiger partial charge is 0.461 e. The van der Waals surface area contributed by atoms with Gasteiger partial charge in [-0.15, -0.1) is 0 Å². The van der Waals surface area contributed by atoms with Gasteiger partial charge < -0.3 is 10.5 Å². The second-order valence-electron chi connectivity index (χ2n) is 3.87. The van der Waals surface area contributed by atoms with Gasteiger partial charge >= 0.3 is 5.97 Å². The number of carbonyl (C=O) groups is 1. The topological polar surface area (TPSA) is 93.9 Å².